The second kappa shape index (κ2) is 7.12. The number of aromatic nitrogens is 2. The molecule has 2 aromatic rings. The smallest absolute Gasteiger partial charge is 0.326 e. The van der Waals surface area contributed by atoms with Crippen molar-refractivity contribution in [2.45, 2.75) is 20.4 Å². The Kier molecular flexibility index (Phi) is 5.79. The highest BCUT2D eigenvalue weighted by Crippen LogP contribution is 2.16. The van der Waals surface area contributed by atoms with E-state index >= 15 is 0 Å². The Hall–Kier alpha value is -1.79. The highest BCUT2D eigenvalue weighted by Gasteiger charge is 2.08. The molecule has 112 valence electrons. The number of hydrogen-bond donors (Lipinski definition) is 3. The molecule has 0 saturated carbocycles. The van der Waals surface area contributed by atoms with Gasteiger partial charge in [-0.2, -0.15) is 0 Å². The molecule has 0 aliphatic heterocycles. The van der Waals surface area contributed by atoms with Gasteiger partial charge in [-0.25, -0.2) is 4.79 Å². The maximum atomic E-state index is 12.0. The predicted octanol–water partition coefficient (Wildman–Crippen LogP) is 1.88. The fourth-order valence-corrected chi connectivity index (χ4v) is 2.31. The van der Waals surface area contributed by atoms with Crippen LogP contribution in [0.25, 0.3) is 11.0 Å². The average molecular weight is 279 g/mol. The quantitative estimate of drug-likeness (QED) is 0.753. The van der Waals surface area contributed by atoms with Crippen LogP contribution in [0.5, 0.6) is 0 Å². The highest BCUT2D eigenvalue weighted by atomic mass is 16.1. The summed E-state index contributed by atoms with van der Waals surface area (Å²) in [4.78, 5) is 17.2. The third-order valence-electron chi connectivity index (χ3n) is 3.60. The number of likely N-dealkylation sites (N-methyl/N-ethyl adjacent to an activating group) is 1. The van der Waals surface area contributed by atoms with Crippen LogP contribution in [0.4, 0.5) is 5.69 Å². The molecule has 0 saturated heterocycles. The van der Waals surface area contributed by atoms with Crippen molar-refractivity contribution in [2.75, 3.05) is 32.0 Å². The van der Waals surface area contributed by atoms with Gasteiger partial charge in [-0.05, 0) is 31.3 Å². The summed E-state index contributed by atoms with van der Waals surface area (Å²) >= 11 is 0. The lowest BCUT2D eigenvalue weighted by atomic mass is 10.2. The van der Waals surface area contributed by atoms with E-state index in [0.29, 0.717) is 6.54 Å². The topological polar surface area (TPSA) is 88.1 Å². The number of aromatic amines is 1. The maximum absolute atomic E-state index is 12.0. The number of hydrogen-bond acceptors (Lipinski definition) is 4. The molecule has 6 heteroatoms. The van der Waals surface area contributed by atoms with Crippen molar-refractivity contribution in [3.05, 3.63) is 28.7 Å². The summed E-state index contributed by atoms with van der Waals surface area (Å²) in [6, 6.07) is 5.92. The minimum Gasteiger partial charge on any atom is -0.388 e. The molecule has 20 heavy (non-hydrogen) atoms. The first-order valence-corrected chi connectivity index (χ1v) is 6.82. The van der Waals surface area contributed by atoms with Crippen LogP contribution in [-0.4, -0.2) is 41.1 Å². The maximum Gasteiger partial charge on any atom is 0.326 e. The Morgan fingerprint density at radius 3 is 2.60 bits per heavy atom. The van der Waals surface area contributed by atoms with Crippen molar-refractivity contribution in [2.24, 2.45) is 0 Å². The van der Waals surface area contributed by atoms with Crippen LogP contribution in [0.2, 0.25) is 0 Å². The lowest BCUT2D eigenvalue weighted by Gasteiger charge is -2.18. The van der Waals surface area contributed by atoms with Crippen LogP contribution < -0.4 is 17.2 Å². The van der Waals surface area contributed by atoms with Gasteiger partial charge in [-0.1, -0.05) is 13.8 Å². The van der Waals surface area contributed by atoms with E-state index in [4.69, 9.17) is 0 Å². The molecular weight excluding hydrogens is 254 g/mol. The number of nitrogens with zero attached hydrogens (tertiary/aromatic N) is 2. The summed E-state index contributed by atoms with van der Waals surface area (Å²) in [5.74, 6) is 0. The fourth-order valence-electron chi connectivity index (χ4n) is 2.31. The molecule has 0 aliphatic rings. The van der Waals surface area contributed by atoms with Crippen LogP contribution in [0.1, 0.15) is 13.8 Å². The molecule has 0 amide bonds. The molecule has 5 N–H and O–H groups in total. The first kappa shape index (κ1) is 16.3. The van der Waals surface area contributed by atoms with Crippen LogP contribution in [-0.2, 0) is 6.54 Å². The molecule has 0 atom stereocenters. The van der Waals surface area contributed by atoms with Crippen LogP contribution >= 0.6 is 0 Å². The molecule has 2 rings (SSSR count). The van der Waals surface area contributed by atoms with Crippen molar-refractivity contribution < 1.29 is 0 Å². The lowest BCUT2D eigenvalue weighted by Crippen LogP contribution is -2.30. The van der Waals surface area contributed by atoms with E-state index in [0.717, 1.165) is 36.4 Å². The number of H-pyrrole nitrogens is 1. The Morgan fingerprint density at radius 2 is 2.00 bits per heavy atom. The predicted molar refractivity (Wildman–Crippen MR) is 84.9 cm³/mol. The fraction of sp³-hybridized carbons (Fsp3) is 0.500. The van der Waals surface area contributed by atoms with Gasteiger partial charge < -0.3 is 21.4 Å². The van der Waals surface area contributed by atoms with E-state index in [1.54, 1.807) is 0 Å². The zero-order valence-corrected chi connectivity index (χ0v) is 12.6. The summed E-state index contributed by atoms with van der Waals surface area (Å²) < 4.78 is 1.81. The highest BCUT2D eigenvalue weighted by molar-refractivity contribution is 5.79. The van der Waals surface area contributed by atoms with Crippen molar-refractivity contribution in [3.8, 4) is 0 Å². The van der Waals surface area contributed by atoms with Gasteiger partial charge in [-0.3, -0.25) is 4.57 Å². The number of nitrogens with one attached hydrogen (secondary N) is 2. The van der Waals surface area contributed by atoms with E-state index in [-0.39, 0.29) is 11.8 Å². The summed E-state index contributed by atoms with van der Waals surface area (Å²) in [6.07, 6.45) is 0. The molecule has 0 aliphatic carbocycles. The summed E-state index contributed by atoms with van der Waals surface area (Å²) in [6.45, 7) is 7.91. The van der Waals surface area contributed by atoms with Gasteiger partial charge in [-0.15, -0.1) is 0 Å². The second-order valence-electron chi connectivity index (χ2n) is 4.59. The number of imidazole rings is 1. The Balaban J connectivity index is 0.00000200. The minimum atomic E-state index is -0.0320. The Morgan fingerprint density at radius 1 is 1.30 bits per heavy atom. The molecule has 1 heterocycles. The van der Waals surface area contributed by atoms with Gasteiger partial charge in [0, 0.05) is 25.8 Å². The third kappa shape index (κ3) is 3.20. The van der Waals surface area contributed by atoms with E-state index in [2.05, 4.69) is 29.0 Å². The van der Waals surface area contributed by atoms with Crippen LogP contribution in [0, 0.1) is 0 Å². The molecule has 1 aromatic heterocycles. The molecule has 0 unspecified atom stereocenters. The van der Waals surface area contributed by atoms with E-state index in [1.807, 2.05) is 29.8 Å². The monoisotopic (exact) mass is 279 g/mol. The number of fused-ring (bicyclic) bond motifs is 1. The second-order valence-corrected chi connectivity index (χ2v) is 4.59. The molecule has 0 fully saturated rings. The molecule has 0 radical (unpaired) electrons. The largest absolute Gasteiger partial charge is 0.388 e. The number of benzene rings is 1. The van der Waals surface area contributed by atoms with Gasteiger partial charge in [0.25, 0.3) is 0 Å². The van der Waals surface area contributed by atoms with Crippen LogP contribution in [0.15, 0.2) is 23.0 Å². The number of anilines is 1. The van der Waals surface area contributed by atoms with E-state index in [1.165, 1.54) is 0 Å². The zero-order valence-electron chi connectivity index (χ0n) is 12.6. The van der Waals surface area contributed by atoms with Crippen molar-refractivity contribution >= 4 is 16.7 Å². The van der Waals surface area contributed by atoms with E-state index < -0.39 is 0 Å². The summed E-state index contributed by atoms with van der Waals surface area (Å²) in [5, 5.41) is 3.10. The molecule has 6 nitrogen and oxygen atoms in total. The van der Waals surface area contributed by atoms with Gasteiger partial charge >= 0.3 is 5.69 Å². The first-order valence-electron chi connectivity index (χ1n) is 6.82. The molecule has 0 bridgehead atoms. The first-order chi connectivity index (χ1) is 9.19. The Labute approximate surface area is 119 Å². The van der Waals surface area contributed by atoms with Gasteiger partial charge in [0.2, 0.25) is 0 Å². The summed E-state index contributed by atoms with van der Waals surface area (Å²) in [5.41, 5.74) is 2.84. The average Bonchev–Trinajstić information content (AvgIpc) is 2.75. The van der Waals surface area contributed by atoms with Crippen molar-refractivity contribution in [1.82, 2.24) is 20.6 Å². The van der Waals surface area contributed by atoms with Crippen molar-refractivity contribution in [1.29, 1.82) is 0 Å². The minimum absolute atomic E-state index is 0. The van der Waals surface area contributed by atoms with Gasteiger partial charge in [0.15, 0.2) is 0 Å². The standard InChI is InChI=1S/C14H22N4O.H3N/c1-4-17(5-2)8-9-18-13-10-11(15-3)6-7-12(13)16-14(18)19;/h6-7,10,15H,4-5,8-9H2,1-3H3,(H,16,19);1H3. The number of rotatable bonds is 6. The Bertz CT molecular complexity index is 597. The molecular formula is C14H25N5O. The lowest BCUT2D eigenvalue weighted by molar-refractivity contribution is 0.291. The summed E-state index contributed by atoms with van der Waals surface area (Å²) in [7, 11) is 1.88. The molecule has 0 spiro atoms. The normalized spacial score (nSPS) is 10.8. The van der Waals surface area contributed by atoms with E-state index in [9.17, 15) is 4.79 Å². The third-order valence-corrected chi connectivity index (χ3v) is 3.60. The van der Waals surface area contributed by atoms with Crippen molar-refractivity contribution in [3.63, 3.8) is 0 Å². The van der Waals surface area contributed by atoms with Gasteiger partial charge in [0.1, 0.15) is 0 Å². The van der Waals surface area contributed by atoms with Gasteiger partial charge in [0.05, 0.1) is 11.0 Å². The van der Waals surface area contributed by atoms with Crippen LogP contribution in [0.3, 0.4) is 0 Å². The molecule has 1 aromatic carbocycles. The SMILES string of the molecule is CCN(CC)CCn1c(=O)[nH]c2ccc(NC)cc21.N. The zero-order chi connectivity index (χ0) is 13.8.